The van der Waals surface area contributed by atoms with Crippen molar-refractivity contribution in [2.75, 3.05) is 18.0 Å². The van der Waals surface area contributed by atoms with E-state index in [2.05, 4.69) is 14.9 Å². The second-order valence-corrected chi connectivity index (χ2v) is 4.02. The number of carbonyl (C=O) groups excluding carboxylic acids is 1. The number of anilines is 1. The fraction of sp³-hybridized carbons (Fsp3) is 0.545. The fourth-order valence-corrected chi connectivity index (χ4v) is 1.78. The number of carbonyl (C=O) groups is 1. The molecule has 0 amide bonds. The van der Waals surface area contributed by atoms with Crippen LogP contribution in [0.5, 0.6) is 0 Å². The molecule has 0 unspecified atom stereocenters. The first-order valence-electron chi connectivity index (χ1n) is 5.28. The summed E-state index contributed by atoms with van der Waals surface area (Å²) >= 11 is 0. The van der Waals surface area contributed by atoms with Crippen molar-refractivity contribution < 1.29 is 4.79 Å². The summed E-state index contributed by atoms with van der Waals surface area (Å²) in [6.45, 7) is 3.74. The summed E-state index contributed by atoms with van der Waals surface area (Å²) in [6, 6.07) is 0. The molecule has 1 aromatic heterocycles. The van der Waals surface area contributed by atoms with Crippen molar-refractivity contribution in [3.05, 3.63) is 18.0 Å². The molecule has 15 heavy (non-hydrogen) atoms. The molecular formula is C11H15N3O. The Kier molecular flexibility index (Phi) is 2.94. The standard InChI is InChI=1S/C11H15N3O/c1-9-6-12-11(13-7-9)14-4-2-10(8-15)3-5-14/h6-8,10H,2-5H2,1H3. The maximum Gasteiger partial charge on any atom is 0.225 e. The molecule has 4 nitrogen and oxygen atoms in total. The van der Waals surface area contributed by atoms with Gasteiger partial charge in [0, 0.05) is 31.4 Å². The van der Waals surface area contributed by atoms with Gasteiger partial charge in [0.15, 0.2) is 0 Å². The summed E-state index contributed by atoms with van der Waals surface area (Å²) in [5, 5.41) is 0. The highest BCUT2D eigenvalue weighted by Crippen LogP contribution is 2.18. The van der Waals surface area contributed by atoms with E-state index in [1.807, 2.05) is 19.3 Å². The van der Waals surface area contributed by atoms with Gasteiger partial charge in [0.25, 0.3) is 0 Å². The minimum Gasteiger partial charge on any atom is -0.341 e. The molecule has 0 bridgehead atoms. The summed E-state index contributed by atoms with van der Waals surface area (Å²) in [5.41, 5.74) is 1.07. The van der Waals surface area contributed by atoms with E-state index in [1.165, 1.54) is 0 Å². The van der Waals surface area contributed by atoms with E-state index in [-0.39, 0.29) is 5.92 Å². The largest absolute Gasteiger partial charge is 0.341 e. The van der Waals surface area contributed by atoms with Gasteiger partial charge in [-0.2, -0.15) is 0 Å². The number of nitrogens with zero attached hydrogens (tertiary/aromatic N) is 3. The Morgan fingerprint density at radius 3 is 2.47 bits per heavy atom. The van der Waals surface area contributed by atoms with Gasteiger partial charge in [-0.1, -0.05) is 0 Å². The number of aryl methyl sites for hydroxylation is 1. The molecule has 1 aliphatic rings. The SMILES string of the molecule is Cc1cnc(N2CCC(C=O)CC2)nc1. The number of aromatic nitrogens is 2. The minimum atomic E-state index is 0.228. The Labute approximate surface area is 89.3 Å². The Balaban J connectivity index is 2.01. The van der Waals surface area contributed by atoms with Gasteiger partial charge in [-0.05, 0) is 25.3 Å². The number of piperidine rings is 1. The maximum atomic E-state index is 10.6. The molecule has 1 aromatic rings. The third kappa shape index (κ3) is 2.32. The number of hydrogen-bond donors (Lipinski definition) is 0. The molecular weight excluding hydrogens is 190 g/mol. The molecule has 2 rings (SSSR count). The lowest BCUT2D eigenvalue weighted by Crippen LogP contribution is -2.35. The van der Waals surface area contributed by atoms with E-state index in [0.717, 1.165) is 43.7 Å². The topological polar surface area (TPSA) is 46.1 Å². The van der Waals surface area contributed by atoms with Crippen LogP contribution in [0, 0.1) is 12.8 Å². The summed E-state index contributed by atoms with van der Waals surface area (Å²) in [5.74, 6) is 1.01. The van der Waals surface area contributed by atoms with Crippen molar-refractivity contribution in [2.45, 2.75) is 19.8 Å². The van der Waals surface area contributed by atoms with Crippen LogP contribution in [0.1, 0.15) is 18.4 Å². The van der Waals surface area contributed by atoms with Gasteiger partial charge >= 0.3 is 0 Å². The first-order chi connectivity index (χ1) is 7.29. The lowest BCUT2D eigenvalue weighted by atomic mass is 9.99. The monoisotopic (exact) mass is 205 g/mol. The predicted octanol–water partition coefficient (Wildman–Crippen LogP) is 1.20. The van der Waals surface area contributed by atoms with Crippen molar-refractivity contribution in [1.82, 2.24) is 9.97 Å². The smallest absolute Gasteiger partial charge is 0.225 e. The number of hydrogen-bond acceptors (Lipinski definition) is 4. The van der Waals surface area contributed by atoms with E-state index in [0.29, 0.717) is 0 Å². The van der Waals surface area contributed by atoms with E-state index in [1.54, 1.807) is 0 Å². The van der Waals surface area contributed by atoms with E-state index >= 15 is 0 Å². The Bertz CT molecular complexity index is 328. The van der Waals surface area contributed by atoms with Gasteiger partial charge in [-0.25, -0.2) is 9.97 Å². The van der Waals surface area contributed by atoms with E-state index < -0.39 is 0 Å². The summed E-state index contributed by atoms with van der Waals surface area (Å²) in [4.78, 5) is 21.3. The first-order valence-corrected chi connectivity index (χ1v) is 5.28. The molecule has 0 N–H and O–H groups in total. The normalized spacial score (nSPS) is 17.8. The van der Waals surface area contributed by atoms with Crippen molar-refractivity contribution >= 4 is 12.2 Å². The van der Waals surface area contributed by atoms with Crippen LogP contribution in [0.3, 0.4) is 0 Å². The van der Waals surface area contributed by atoms with Crippen LogP contribution in [0.4, 0.5) is 5.95 Å². The zero-order valence-corrected chi connectivity index (χ0v) is 8.89. The van der Waals surface area contributed by atoms with Gasteiger partial charge in [0.05, 0.1) is 0 Å². The molecule has 1 fully saturated rings. The van der Waals surface area contributed by atoms with Crippen molar-refractivity contribution in [1.29, 1.82) is 0 Å². The Hall–Kier alpha value is -1.45. The average Bonchev–Trinajstić information content (AvgIpc) is 2.30. The molecule has 0 aromatic carbocycles. The summed E-state index contributed by atoms with van der Waals surface area (Å²) in [6.07, 6.45) is 6.55. The lowest BCUT2D eigenvalue weighted by Gasteiger charge is -2.29. The fourth-order valence-electron chi connectivity index (χ4n) is 1.78. The van der Waals surface area contributed by atoms with Gasteiger partial charge < -0.3 is 9.69 Å². The van der Waals surface area contributed by atoms with Gasteiger partial charge in [0.2, 0.25) is 5.95 Å². The van der Waals surface area contributed by atoms with Crippen LogP contribution >= 0.6 is 0 Å². The summed E-state index contributed by atoms with van der Waals surface area (Å²) in [7, 11) is 0. The number of aldehydes is 1. The van der Waals surface area contributed by atoms with Gasteiger partial charge in [0.1, 0.15) is 6.29 Å². The Morgan fingerprint density at radius 2 is 1.93 bits per heavy atom. The third-order valence-corrected chi connectivity index (χ3v) is 2.78. The molecule has 0 saturated carbocycles. The predicted molar refractivity (Wildman–Crippen MR) is 57.8 cm³/mol. The highest BCUT2D eigenvalue weighted by atomic mass is 16.1. The molecule has 2 heterocycles. The molecule has 80 valence electrons. The summed E-state index contributed by atoms with van der Waals surface area (Å²) < 4.78 is 0. The van der Waals surface area contributed by atoms with Gasteiger partial charge in [-0.3, -0.25) is 0 Å². The molecule has 1 aliphatic heterocycles. The van der Waals surface area contributed by atoms with E-state index in [9.17, 15) is 4.79 Å². The van der Waals surface area contributed by atoms with Crippen LogP contribution in [-0.2, 0) is 4.79 Å². The quantitative estimate of drug-likeness (QED) is 0.681. The highest BCUT2D eigenvalue weighted by Gasteiger charge is 2.19. The van der Waals surface area contributed by atoms with Crippen molar-refractivity contribution in [3.63, 3.8) is 0 Å². The molecule has 4 heteroatoms. The average molecular weight is 205 g/mol. The van der Waals surface area contributed by atoms with E-state index in [4.69, 9.17) is 0 Å². The Morgan fingerprint density at radius 1 is 1.33 bits per heavy atom. The van der Waals surface area contributed by atoms with Crippen LogP contribution in [-0.4, -0.2) is 29.3 Å². The molecule has 1 saturated heterocycles. The number of rotatable bonds is 2. The second-order valence-electron chi connectivity index (χ2n) is 4.02. The highest BCUT2D eigenvalue weighted by molar-refractivity contribution is 5.54. The van der Waals surface area contributed by atoms with Crippen LogP contribution in [0.2, 0.25) is 0 Å². The third-order valence-electron chi connectivity index (χ3n) is 2.78. The van der Waals surface area contributed by atoms with Crippen LogP contribution in [0.15, 0.2) is 12.4 Å². The maximum absolute atomic E-state index is 10.6. The lowest BCUT2D eigenvalue weighted by molar-refractivity contribution is -0.111. The first kappa shape index (κ1) is 10.1. The second kappa shape index (κ2) is 4.38. The zero-order chi connectivity index (χ0) is 10.7. The van der Waals surface area contributed by atoms with Crippen molar-refractivity contribution in [2.24, 2.45) is 5.92 Å². The molecule has 0 aliphatic carbocycles. The van der Waals surface area contributed by atoms with Crippen LogP contribution < -0.4 is 4.90 Å². The van der Waals surface area contributed by atoms with Crippen molar-refractivity contribution in [3.8, 4) is 0 Å². The van der Waals surface area contributed by atoms with Crippen LogP contribution in [0.25, 0.3) is 0 Å². The van der Waals surface area contributed by atoms with Gasteiger partial charge in [-0.15, -0.1) is 0 Å². The molecule has 0 radical (unpaired) electrons. The minimum absolute atomic E-state index is 0.228. The zero-order valence-electron chi connectivity index (χ0n) is 8.89. The molecule has 0 atom stereocenters. The molecule has 0 spiro atoms.